The Morgan fingerprint density at radius 3 is 2.52 bits per heavy atom. The summed E-state index contributed by atoms with van der Waals surface area (Å²) in [6.07, 6.45) is 5.68. The van der Waals surface area contributed by atoms with Gasteiger partial charge in [-0.15, -0.1) is 10.2 Å². The number of aromatic nitrogens is 2. The number of aryl methyl sites for hydroxylation is 1. The predicted molar refractivity (Wildman–Crippen MR) is 80.0 cm³/mol. The van der Waals surface area contributed by atoms with Gasteiger partial charge in [-0.1, -0.05) is 19.8 Å². The highest BCUT2D eigenvalue weighted by molar-refractivity contribution is 5.01. The lowest BCUT2D eigenvalue weighted by Gasteiger charge is -2.50. The van der Waals surface area contributed by atoms with Crippen molar-refractivity contribution in [2.45, 2.75) is 77.0 Å². The van der Waals surface area contributed by atoms with Crippen LogP contribution in [0.4, 0.5) is 0 Å². The van der Waals surface area contributed by atoms with Crippen LogP contribution in [0, 0.1) is 0 Å². The Bertz CT molecular complexity index is 491. The first-order valence-electron chi connectivity index (χ1n) is 8.20. The van der Waals surface area contributed by atoms with Crippen molar-refractivity contribution in [1.29, 1.82) is 0 Å². The average Bonchev–Trinajstić information content (AvgIpc) is 3.05. The minimum Gasteiger partial charge on any atom is -0.424 e. The van der Waals surface area contributed by atoms with Crippen molar-refractivity contribution in [1.82, 2.24) is 15.1 Å². The Morgan fingerprint density at radius 2 is 1.90 bits per heavy atom. The molecule has 21 heavy (non-hydrogen) atoms. The molecule has 0 N–H and O–H groups in total. The highest BCUT2D eigenvalue weighted by Crippen LogP contribution is 2.42. The van der Waals surface area contributed by atoms with Gasteiger partial charge in [0.2, 0.25) is 11.8 Å². The summed E-state index contributed by atoms with van der Waals surface area (Å²) < 4.78 is 12.2. The van der Waals surface area contributed by atoms with Crippen molar-refractivity contribution < 1.29 is 9.15 Å². The van der Waals surface area contributed by atoms with E-state index in [-0.39, 0.29) is 17.2 Å². The smallest absolute Gasteiger partial charge is 0.233 e. The van der Waals surface area contributed by atoms with Gasteiger partial charge < -0.3 is 9.15 Å². The Kier molecular flexibility index (Phi) is 3.82. The lowest BCUT2D eigenvalue weighted by molar-refractivity contribution is -0.201. The molecule has 2 aliphatic rings. The molecule has 5 nitrogen and oxygen atoms in total. The minimum atomic E-state index is -0.121. The molecule has 3 rings (SSSR count). The molecule has 1 unspecified atom stereocenters. The van der Waals surface area contributed by atoms with Crippen molar-refractivity contribution >= 4 is 0 Å². The van der Waals surface area contributed by atoms with E-state index in [0.29, 0.717) is 0 Å². The molecular weight excluding hydrogens is 266 g/mol. The Balaban J connectivity index is 1.79. The number of hydrogen-bond acceptors (Lipinski definition) is 5. The van der Waals surface area contributed by atoms with Gasteiger partial charge in [0.1, 0.15) is 0 Å². The summed E-state index contributed by atoms with van der Waals surface area (Å²) in [5.41, 5.74) is -0.0892. The molecule has 0 radical (unpaired) electrons. The van der Waals surface area contributed by atoms with E-state index >= 15 is 0 Å². The molecule has 0 amide bonds. The highest BCUT2D eigenvalue weighted by Gasteiger charge is 2.47. The molecule has 1 atom stereocenters. The molecule has 1 aliphatic carbocycles. The van der Waals surface area contributed by atoms with Crippen molar-refractivity contribution in [3.8, 4) is 0 Å². The van der Waals surface area contributed by atoms with Crippen LogP contribution < -0.4 is 0 Å². The first kappa shape index (κ1) is 15.0. The fraction of sp³-hybridized carbons (Fsp3) is 0.875. The first-order chi connectivity index (χ1) is 9.93. The Morgan fingerprint density at radius 1 is 1.19 bits per heavy atom. The van der Waals surface area contributed by atoms with Gasteiger partial charge in [0, 0.05) is 19.5 Å². The predicted octanol–water partition coefficient (Wildman–Crippen LogP) is 3.12. The SMILES string of the molecule is CCc1nnc(C(C)N2CC(C)(C)OC3(CCCC3)C2)o1. The monoisotopic (exact) mass is 293 g/mol. The van der Waals surface area contributed by atoms with Crippen LogP contribution in [0.1, 0.15) is 71.2 Å². The van der Waals surface area contributed by atoms with E-state index in [9.17, 15) is 0 Å². The summed E-state index contributed by atoms with van der Waals surface area (Å²) >= 11 is 0. The third-order valence-corrected chi connectivity index (χ3v) is 4.77. The second-order valence-corrected chi connectivity index (χ2v) is 7.22. The Hall–Kier alpha value is -0.940. The van der Waals surface area contributed by atoms with Gasteiger partial charge in [0.15, 0.2) is 0 Å². The summed E-state index contributed by atoms with van der Waals surface area (Å²) in [6, 6.07) is 0.151. The molecule has 1 aromatic heterocycles. The quantitative estimate of drug-likeness (QED) is 0.857. The van der Waals surface area contributed by atoms with E-state index in [0.717, 1.165) is 31.3 Å². The topological polar surface area (TPSA) is 51.4 Å². The summed E-state index contributed by atoms with van der Waals surface area (Å²) in [6.45, 7) is 10.5. The van der Waals surface area contributed by atoms with Crippen LogP contribution >= 0.6 is 0 Å². The van der Waals surface area contributed by atoms with Gasteiger partial charge in [-0.05, 0) is 33.6 Å². The van der Waals surface area contributed by atoms with Crippen molar-refractivity contribution in [2.75, 3.05) is 13.1 Å². The van der Waals surface area contributed by atoms with Crippen LogP contribution in [-0.4, -0.2) is 39.4 Å². The van der Waals surface area contributed by atoms with Crippen molar-refractivity contribution in [3.63, 3.8) is 0 Å². The molecular formula is C16H27N3O2. The molecule has 2 heterocycles. The molecule has 0 bridgehead atoms. The van der Waals surface area contributed by atoms with E-state index in [1.807, 2.05) is 6.92 Å². The molecule has 1 aromatic rings. The number of morpholine rings is 1. The third-order valence-electron chi connectivity index (χ3n) is 4.77. The molecule has 1 saturated heterocycles. The summed E-state index contributed by atoms with van der Waals surface area (Å²) in [5.74, 6) is 1.46. The van der Waals surface area contributed by atoms with E-state index in [2.05, 4.69) is 35.9 Å². The number of rotatable bonds is 3. The van der Waals surface area contributed by atoms with E-state index in [1.165, 1.54) is 25.7 Å². The van der Waals surface area contributed by atoms with Gasteiger partial charge in [-0.2, -0.15) is 0 Å². The fourth-order valence-corrected chi connectivity index (χ4v) is 3.85. The normalized spacial score (nSPS) is 26.3. The van der Waals surface area contributed by atoms with Gasteiger partial charge >= 0.3 is 0 Å². The maximum atomic E-state index is 6.46. The van der Waals surface area contributed by atoms with Crippen LogP contribution in [0.15, 0.2) is 4.42 Å². The molecule has 1 saturated carbocycles. The maximum Gasteiger partial charge on any atom is 0.233 e. The molecule has 118 valence electrons. The molecule has 5 heteroatoms. The van der Waals surface area contributed by atoms with Crippen molar-refractivity contribution in [3.05, 3.63) is 11.8 Å². The van der Waals surface area contributed by atoms with Crippen LogP contribution in [0.25, 0.3) is 0 Å². The zero-order valence-corrected chi connectivity index (χ0v) is 13.7. The number of nitrogens with zero attached hydrogens (tertiary/aromatic N) is 3. The molecule has 1 spiro atoms. The Labute approximate surface area is 127 Å². The first-order valence-corrected chi connectivity index (χ1v) is 8.20. The van der Waals surface area contributed by atoms with E-state index in [4.69, 9.17) is 9.15 Å². The fourth-order valence-electron chi connectivity index (χ4n) is 3.85. The van der Waals surface area contributed by atoms with Gasteiger partial charge in [0.25, 0.3) is 0 Å². The van der Waals surface area contributed by atoms with E-state index in [1.54, 1.807) is 0 Å². The van der Waals surface area contributed by atoms with E-state index < -0.39 is 0 Å². The largest absolute Gasteiger partial charge is 0.424 e. The van der Waals surface area contributed by atoms with Gasteiger partial charge in [-0.25, -0.2) is 0 Å². The zero-order valence-electron chi connectivity index (χ0n) is 13.7. The average molecular weight is 293 g/mol. The van der Waals surface area contributed by atoms with Crippen LogP contribution in [0.2, 0.25) is 0 Å². The lowest BCUT2D eigenvalue weighted by Crippen LogP contribution is -2.58. The number of ether oxygens (including phenoxy) is 1. The number of hydrogen-bond donors (Lipinski definition) is 0. The molecule has 0 aromatic carbocycles. The van der Waals surface area contributed by atoms with Crippen LogP contribution in [0.3, 0.4) is 0 Å². The van der Waals surface area contributed by atoms with Gasteiger partial charge in [-0.3, -0.25) is 4.90 Å². The summed E-state index contributed by atoms with van der Waals surface area (Å²) in [7, 11) is 0. The third kappa shape index (κ3) is 2.99. The standard InChI is InChI=1S/C16H27N3O2/c1-5-13-17-18-14(20-13)12(2)19-10-15(3,4)21-16(11-19)8-6-7-9-16/h12H,5-11H2,1-4H3. The summed E-state index contributed by atoms with van der Waals surface area (Å²) in [5, 5.41) is 8.33. The second-order valence-electron chi connectivity index (χ2n) is 7.22. The molecule has 2 fully saturated rings. The zero-order chi connectivity index (χ0) is 15.1. The maximum absolute atomic E-state index is 6.46. The van der Waals surface area contributed by atoms with Crippen LogP contribution in [-0.2, 0) is 11.2 Å². The highest BCUT2D eigenvalue weighted by atomic mass is 16.5. The summed E-state index contributed by atoms with van der Waals surface area (Å²) in [4.78, 5) is 2.46. The van der Waals surface area contributed by atoms with Crippen molar-refractivity contribution in [2.24, 2.45) is 0 Å². The minimum absolute atomic E-state index is 0.0314. The van der Waals surface area contributed by atoms with Gasteiger partial charge in [0.05, 0.1) is 17.2 Å². The second kappa shape index (κ2) is 5.36. The lowest BCUT2D eigenvalue weighted by atomic mass is 9.93. The molecule has 1 aliphatic heterocycles. The van der Waals surface area contributed by atoms with Crippen LogP contribution in [0.5, 0.6) is 0 Å².